The molecule has 2 rings (SSSR count). The summed E-state index contributed by atoms with van der Waals surface area (Å²) in [7, 11) is 0. The molecule has 9 heteroatoms. The number of carbonyl (C=O) groups is 1. The molecule has 0 bridgehead atoms. The average Bonchev–Trinajstić information content (AvgIpc) is 2.61. The fraction of sp³-hybridized carbons (Fsp3) is 0.556. The lowest BCUT2D eigenvalue weighted by molar-refractivity contribution is -0.137. The Kier molecular flexibility index (Phi) is 7.90. The van der Waals surface area contributed by atoms with Gasteiger partial charge in [0.1, 0.15) is 0 Å². The topological polar surface area (TPSA) is 59.4 Å². The predicted molar refractivity (Wildman–Crippen MR) is 97.4 cm³/mol. The molecule has 1 amide bonds. The molecule has 27 heavy (non-hydrogen) atoms. The highest BCUT2D eigenvalue weighted by Gasteiger charge is 2.33. The molecule has 0 aromatic heterocycles. The van der Waals surface area contributed by atoms with Crippen molar-refractivity contribution in [3.63, 3.8) is 0 Å². The molecule has 1 aliphatic heterocycles. The first-order valence-electron chi connectivity index (χ1n) is 8.78. The molecule has 1 aliphatic rings. The average molecular weight is 403 g/mol. The molecule has 1 heterocycles. The van der Waals surface area contributed by atoms with Gasteiger partial charge in [-0.15, -0.1) is 0 Å². The van der Waals surface area contributed by atoms with Gasteiger partial charge in [-0.1, -0.05) is 11.6 Å². The number of hydrogen-bond donors (Lipinski definition) is 1. The summed E-state index contributed by atoms with van der Waals surface area (Å²) in [5, 5.41) is 10.6. The summed E-state index contributed by atoms with van der Waals surface area (Å²) in [6.45, 7) is 4.18. The monoisotopic (exact) mass is 402 g/mol. The minimum Gasteiger partial charge on any atom is -0.325 e. The van der Waals surface area contributed by atoms with Crippen LogP contribution in [-0.4, -0.2) is 55.0 Å². The van der Waals surface area contributed by atoms with Crippen molar-refractivity contribution in [1.29, 1.82) is 5.26 Å². The number of nitrogens with one attached hydrogen (secondary N) is 1. The zero-order valence-corrected chi connectivity index (χ0v) is 15.6. The number of nitrogens with zero attached hydrogens (tertiary/aromatic N) is 3. The van der Waals surface area contributed by atoms with Gasteiger partial charge >= 0.3 is 6.18 Å². The fourth-order valence-electron chi connectivity index (χ4n) is 2.93. The number of unbranched alkanes of at least 4 members (excludes halogenated alkanes) is 2. The largest absolute Gasteiger partial charge is 0.417 e. The molecule has 1 saturated heterocycles. The number of nitriles is 1. The van der Waals surface area contributed by atoms with Gasteiger partial charge in [-0.3, -0.25) is 9.69 Å². The number of halogens is 4. The molecule has 1 N–H and O–H groups in total. The third-order valence-electron chi connectivity index (χ3n) is 4.40. The number of anilines is 1. The normalized spacial score (nSPS) is 16.1. The lowest BCUT2D eigenvalue weighted by Gasteiger charge is -2.34. The Morgan fingerprint density at radius 3 is 2.48 bits per heavy atom. The van der Waals surface area contributed by atoms with Gasteiger partial charge in [-0.05, 0) is 37.6 Å². The number of alkyl halides is 3. The number of piperazine rings is 1. The summed E-state index contributed by atoms with van der Waals surface area (Å²) < 4.78 is 38.6. The Balaban J connectivity index is 1.78. The minimum absolute atomic E-state index is 0.0767. The quantitative estimate of drug-likeness (QED) is 0.708. The molecule has 0 unspecified atom stereocenters. The van der Waals surface area contributed by atoms with Crippen molar-refractivity contribution >= 4 is 23.2 Å². The van der Waals surface area contributed by atoms with Gasteiger partial charge in [0.2, 0.25) is 5.91 Å². The summed E-state index contributed by atoms with van der Waals surface area (Å²) in [5.41, 5.74) is -0.889. The van der Waals surface area contributed by atoms with Crippen LogP contribution in [0.1, 0.15) is 24.8 Å². The van der Waals surface area contributed by atoms with Gasteiger partial charge < -0.3 is 10.2 Å². The second kappa shape index (κ2) is 9.93. The van der Waals surface area contributed by atoms with Crippen LogP contribution in [0.2, 0.25) is 5.02 Å². The van der Waals surface area contributed by atoms with Crippen molar-refractivity contribution < 1.29 is 18.0 Å². The highest BCUT2D eigenvalue weighted by Crippen LogP contribution is 2.36. The molecular formula is C18H22ClF3N4O. The van der Waals surface area contributed by atoms with Crippen molar-refractivity contribution in [2.45, 2.75) is 25.4 Å². The summed E-state index contributed by atoms with van der Waals surface area (Å²) in [4.78, 5) is 16.4. The van der Waals surface area contributed by atoms with E-state index in [-0.39, 0.29) is 18.1 Å². The second-order valence-electron chi connectivity index (χ2n) is 6.47. The van der Waals surface area contributed by atoms with Crippen LogP contribution < -0.4 is 5.32 Å². The number of carbonyl (C=O) groups excluding carboxylic acids is 1. The maximum atomic E-state index is 12.9. The first-order valence-corrected chi connectivity index (χ1v) is 9.15. The highest BCUT2D eigenvalue weighted by molar-refractivity contribution is 6.31. The molecular weight excluding hydrogens is 381 g/mol. The van der Waals surface area contributed by atoms with E-state index in [0.29, 0.717) is 6.42 Å². The molecule has 1 fully saturated rings. The van der Waals surface area contributed by atoms with Crippen LogP contribution >= 0.6 is 11.6 Å². The summed E-state index contributed by atoms with van der Waals surface area (Å²) in [5.74, 6) is -0.354. The molecule has 0 aliphatic carbocycles. The second-order valence-corrected chi connectivity index (χ2v) is 6.88. The Morgan fingerprint density at radius 1 is 1.19 bits per heavy atom. The van der Waals surface area contributed by atoms with Crippen molar-refractivity contribution in [2.24, 2.45) is 0 Å². The third kappa shape index (κ3) is 7.01. The number of rotatable bonds is 7. The van der Waals surface area contributed by atoms with Crippen molar-refractivity contribution in [3.05, 3.63) is 28.8 Å². The zero-order valence-electron chi connectivity index (χ0n) is 14.9. The molecule has 0 saturated carbocycles. The summed E-state index contributed by atoms with van der Waals surface area (Å²) >= 11 is 5.58. The predicted octanol–water partition coefficient (Wildman–Crippen LogP) is 3.61. The van der Waals surface area contributed by atoms with Crippen molar-refractivity contribution in [1.82, 2.24) is 9.80 Å². The van der Waals surface area contributed by atoms with E-state index in [1.165, 1.54) is 6.07 Å². The zero-order chi connectivity index (χ0) is 19.9. The van der Waals surface area contributed by atoms with Gasteiger partial charge in [-0.25, -0.2) is 0 Å². The first-order chi connectivity index (χ1) is 12.8. The Hall–Kier alpha value is -1.82. The van der Waals surface area contributed by atoms with Crippen LogP contribution in [0.5, 0.6) is 0 Å². The fourth-order valence-corrected chi connectivity index (χ4v) is 3.16. The SMILES string of the molecule is N#CCCCCN1CCN(CC(=O)Nc2ccc(Cl)c(C(F)(F)F)c2)CC1. The van der Waals surface area contributed by atoms with Gasteiger partial charge in [0.15, 0.2) is 0 Å². The van der Waals surface area contributed by atoms with Gasteiger partial charge in [0, 0.05) is 38.3 Å². The van der Waals surface area contributed by atoms with Crippen molar-refractivity contribution in [2.75, 3.05) is 44.6 Å². The van der Waals surface area contributed by atoms with Crippen LogP contribution in [0, 0.1) is 11.3 Å². The van der Waals surface area contributed by atoms with Gasteiger partial charge in [0.05, 0.1) is 23.2 Å². The van der Waals surface area contributed by atoms with Crippen LogP contribution in [0.15, 0.2) is 18.2 Å². The molecule has 1 aromatic carbocycles. The van der Waals surface area contributed by atoms with Crippen LogP contribution in [0.3, 0.4) is 0 Å². The summed E-state index contributed by atoms with van der Waals surface area (Å²) in [6.07, 6.45) is -2.13. The van der Waals surface area contributed by atoms with Crippen LogP contribution in [0.4, 0.5) is 18.9 Å². The molecule has 148 valence electrons. The van der Waals surface area contributed by atoms with Gasteiger partial charge in [0.25, 0.3) is 0 Å². The molecule has 0 atom stereocenters. The van der Waals surface area contributed by atoms with E-state index in [1.54, 1.807) is 0 Å². The van der Waals surface area contributed by atoms with Crippen LogP contribution in [0.25, 0.3) is 0 Å². The smallest absolute Gasteiger partial charge is 0.325 e. The van der Waals surface area contributed by atoms with E-state index < -0.39 is 16.8 Å². The van der Waals surface area contributed by atoms with E-state index in [4.69, 9.17) is 16.9 Å². The van der Waals surface area contributed by atoms with Crippen LogP contribution in [-0.2, 0) is 11.0 Å². The Bertz CT molecular complexity index is 682. The van der Waals surface area contributed by atoms with E-state index >= 15 is 0 Å². The first kappa shape index (κ1) is 21.5. The maximum absolute atomic E-state index is 12.9. The lowest BCUT2D eigenvalue weighted by Crippen LogP contribution is -2.48. The summed E-state index contributed by atoms with van der Waals surface area (Å²) in [6, 6.07) is 5.46. The van der Waals surface area contributed by atoms with Gasteiger partial charge in [-0.2, -0.15) is 18.4 Å². The number of amides is 1. The van der Waals surface area contributed by atoms with E-state index in [0.717, 1.165) is 57.7 Å². The Morgan fingerprint density at radius 2 is 1.85 bits per heavy atom. The lowest BCUT2D eigenvalue weighted by atomic mass is 10.2. The molecule has 1 aromatic rings. The maximum Gasteiger partial charge on any atom is 0.417 e. The standard InChI is InChI=1S/C18H22ClF3N4O/c19-16-5-4-14(12-15(16)18(20,21)22)24-17(27)13-26-10-8-25(9-11-26)7-3-1-2-6-23/h4-5,12H,1-3,7-11,13H2,(H,24,27). The van der Waals surface area contributed by atoms with E-state index in [1.807, 2.05) is 4.90 Å². The molecule has 0 radical (unpaired) electrons. The van der Waals surface area contributed by atoms with E-state index in [9.17, 15) is 18.0 Å². The van der Waals surface area contributed by atoms with Crippen molar-refractivity contribution in [3.8, 4) is 6.07 Å². The Labute approximate surface area is 161 Å². The molecule has 5 nitrogen and oxygen atoms in total. The highest BCUT2D eigenvalue weighted by atomic mass is 35.5. The number of benzene rings is 1. The minimum atomic E-state index is -4.57. The number of hydrogen-bond acceptors (Lipinski definition) is 4. The molecule has 0 spiro atoms. The third-order valence-corrected chi connectivity index (χ3v) is 4.73. The van der Waals surface area contributed by atoms with E-state index in [2.05, 4.69) is 16.3 Å².